The van der Waals surface area contributed by atoms with Gasteiger partial charge in [0.15, 0.2) is 0 Å². The van der Waals surface area contributed by atoms with Crippen LogP contribution in [0.1, 0.15) is 46.7 Å². The Balaban J connectivity index is 0.00000160. The second-order valence-electron chi connectivity index (χ2n) is 10.3. The molecule has 37 heavy (non-hydrogen) atoms. The van der Waals surface area contributed by atoms with Crippen molar-refractivity contribution in [3.05, 3.63) is 117 Å². The minimum atomic E-state index is -0.222. The van der Waals surface area contributed by atoms with Crippen LogP contribution in [0.3, 0.4) is 0 Å². The van der Waals surface area contributed by atoms with Crippen LogP contribution in [0.5, 0.6) is 0 Å². The maximum Gasteiger partial charge on any atom is 0.336 e. The van der Waals surface area contributed by atoms with Gasteiger partial charge in [-0.1, -0.05) is 60.7 Å². The first-order valence-corrected chi connectivity index (χ1v) is 13.1. The topological polar surface area (TPSA) is 39.1 Å². The van der Waals surface area contributed by atoms with Gasteiger partial charge in [-0.2, -0.15) is 0 Å². The highest BCUT2D eigenvalue weighted by atomic mass is 35.5. The third kappa shape index (κ3) is 5.94. The lowest BCUT2D eigenvalue weighted by molar-refractivity contribution is -1.03. The smallest absolute Gasteiger partial charge is 0.336 e. The summed E-state index contributed by atoms with van der Waals surface area (Å²) in [5, 5.41) is 1.14. The fourth-order valence-electron chi connectivity index (χ4n) is 6.22. The molecule has 1 aliphatic carbocycles. The van der Waals surface area contributed by atoms with Gasteiger partial charge < -0.3 is 39.0 Å². The van der Waals surface area contributed by atoms with E-state index in [1.54, 1.807) is 15.9 Å². The SMILES string of the molecule is O=c1cc(C[NH+]2CC[NH+](C(c3ccccc3)c3ccccc3)CC2)c2cc3c(cc2o1)CCCC3.[Cl-].[Cl-]. The zero-order valence-electron chi connectivity index (χ0n) is 21.0. The van der Waals surface area contributed by atoms with E-state index in [0.29, 0.717) is 6.04 Å². The molecular formula is C31H34Cl2N2O2. The Morgan fingerprint density at radius 3 is 1.89 bits per heavy atom. The number of rotatable bonds is 5. The number of nitrogens with one attached hydrogen (secondary N) is 2. The molecule has 1 saturated heterocycles. The van der Waals surface area contributed by atoms with Gasteiger partial charge in [0.2, 0.25) is 0 Å². The number of fused-ring (bicyclic) bond motifs is 2. The Hall–Kier alpha value is -2.63. The first-order valence-electron chi connectivity index (χ1n) is 13.1. The average Bonchev–Trinajstić information content (AvgIpc) is 2.90. The molecule has 4 nitrogen and oxygen atoms in total. The molecule has 1 aromatic heterocycles. The first-order chi connectivity index (χ1) is 17.2. The number of hydrogen-bond acceptors (Lipinski definition) is 2. The number of benzene rings is 3. The van der Waals surface area contributed by atoms with Gasteiger partial charge in [-0.3, -0.25) is 0 Å². The fourth-order valence-corrected chi connectivity index (χ4v) is 6.22. The second-order valence-corrected chi connectivity index (χ2v) is 10.3. The molecule has 0 radical (unpaired) electrons. The van der Waals surface area contributed by atoms with Crippen molar-refractivity contribution in [3.63, 3.8) is 0 Å². The summed E-state index contributed by atoms with van der Waals surface area (Å²) in [6, 6.07) is 28.4. The highest BCUT2D eigenvalue weighted by Crippen LogP contribution is 2.27. The van der Waals surface area contributed by atoms with Crippen LogP contribution in [0.4, 0.5) is 0 Å². The highest BCUT2D eigenvalue weighted by Gasteiger charge is 2.32. The van der Waals surface area contributed by atoms with Gasteiger partial charge in [-0.05, 0) is 48.9 Å². The van der Waals surface area contributed by atoms with Crippen LogP contribution in [-0.2, 0) is 19.4 Å². The van der Waals surface area contributed by atoms with Crippen molar-refractivity contribution in [2.75, 3.05) is 26.2 Å². The van der Waals surface area contributed by atoms with Crippen molar-refractivity contribution in [1.82, 2.24) is 0 Å². The minimum absolute atomic E-state index is 0. The Bertz CT molecular complexity index is 1330. The van der Waals surface area contributed by atoms with E-state index in [4.69, 9.17) is 4.42 Å². The Labute approximate surface area is 231 Å². The van der Waals surface area contributed by atoms with Gasteiger partial charge in [-0.25, -0.2) is 4.79 Å². The average molecular weight is 538 g/mol. The monoisotopic (exact) mass is 536 g/mol. The van der Waals surface area contributed by atoms with Gasteiger partial charge >= 0.3 is 5.63 Å². The van der Waals surface area contributed by atoms with Crippen molar-refractivity contribution in [3.8, 4) is 0 Å². The van der Waals surface area contributed by atoms with Crippen LogP contribution in [0.25, 0.3) is 11.0 Å². The zero-order valence-corrected chi connectivity index (χ0v) is 22.5. The van der Waals surface area contributed by atoms with Crippen molar-refractivity contribution >= 4 is 11.0 Å². The number of aryl methyl sites for hydroxylation is 2. The predicted octanol–water partition coefficient (Wildman–Crippen LogP) is -3.25. The van der Waals surface area contributed by atoms with Crippen molar-refractivity contribution in [1.29, 1.82) is 0 Å². The first kappa shape index (κ1) is 27.4. The van der Waals surface area contributed by atoms with E-state index in [1.807, 2.05) is 0 Å². The van der Waals surface area contributed by atoms with Gasteiger partial charge in [0.25, 0.3) is 0 Å². The standard InChI is InChI=1S/C31H32N2O2.2ClH/c34-30-21-27(28-19-25-13-7-8-14-26(25)20-29(28)35-30)22-32-15-17-33(18-16-32)31(23-9-3-1-4-10-23)24-11-5-2-6-12-24;;/h1-6,9-12,19-21,31H,7-8,13-18,22H2;2*1H. The molecule has 0 unspecified atom stereocenters. The highest BCUT2D eigenvalue weighted by molar-refractivity contribution is 5.82. The summed E-state index contributed by atoms with van der Waals surface area (Å²) in [4.78, 5) is 15.6. The number of halogens is 2. The normalized spacial score (nSPS) is 19.1. The summed E-state index contributed by atoms with van der Waals surface area (Å²) in [6.45, 7) is 5.29. The molecule has 6 heteroatoms. The molecule has 1 aliphatic heterocycles. The predicted molar refractivity (Wildman–Crippen MR) is 139 cm³/mol. The maximum absolute atomic E-state index is 12.4. The van der Waals surface area contributed by atoms with Crippen molar-refractivity contribution in [2.45, 2.75) is 38.3 Å². The molecule has 0 spiro atoms. The summed E-state index contributed by atoms with van der Waals surface area (Å²) in [5.41, 5.74) is 7.26. The molecule has 6 rings (SSSR count). The van der Waals surface area contributed by atoms with Gasteiger partial charge in [-0.15, -0.1) is 0 Å². The van der Waals surface area contributed by atoms with Crippen LogP contribution in [0.2, 0.25) is 0 Å². The molecule has 0 saturated carbocycles. The van der Waals surface area contributed by atoms with Crippen LogP contribution < -0.4 is 40.2 Å². The van der Waals surface area contributed by atoms with E-state index >= 15 is 0 Å². The van der Waals surface area contributed by atoms with Crippen molar-refractivity contribution < 1.29 is 39.0 Å². The van der Waals surface area contributed by atoms with Crippen LogP contribution in [0, 0.1) is 0 Å². The number of hydrogen-bond donors (Lipinski definition) is 2. The summed E-state index contributed by atoms with van der Waals surface area (Å²) < 4.78 is 5.64. The minimum Gasteiger partial charge on any atom is -1.00 e. The molecule has 0 amide bonds. The van der Waals surface area contributed by atoms with E-state index in [1.165, 1.54) is 35.1 Å². The Morgan fingerprint density at radius 2 is 1.30 bits per heavy atom. The molecule has 4 aromatic rings. The molecule has 0 atom stereocenters. The lowest BCUT2D eigenvalue weighted by Gasteiger charge is -2.35. The molecule has 3 aromatic carbocycles. The maximum atomic E-state index is 12.4. The lowest BCUT2D eigenvalue weighted by atomic mass is 9.90. The zero-order chi connectivity index (χ0) is 23.6. The third-order valence-corrected chi connectivity index (χ3v) is 8.01. The molecule has 2 heterocycles. The molecular weight excluding hydrogens is 503 g/mol. The van der Waals surface area contributed by atoms with E-state index in [9.17, 15) is 4.79 Å². The van der Waals surface area contributed by atoms with E-state index in [-0.39, 0.29) is 30.4 Å². The van der Waals surface area contributed by atoms with Gasteiger partial charge in [0.1, 0.15) is 44.3 Å². The van der Waals surface area contributed by atoms with Crippen LogP contribution >= 0.6 is 0 Å². The summed E-state index contributed by atoms with van der Waals surface area (Å²) >= 11 is 0. The summed E-state index contributed by atoms with van der Waals surface area (Å²) in [7, 11) is 0. The van der Waals surface area contributed by atoms with Gasteiger partial charge in [0, 0.05) is 28.1 Å². The quantitative estimate of drug-likeness (QED) is 0.263. The summed E-state index contributed by atoms with van der Waals surface area (Å²) in [6.07, 6.45) is 4.72. The third-order valence-electron chi connectivity index (χ3n) is 8.01. The lowest BCUT2D eigenvalue weighted by Crippen LogP contribution is -3.27. The Morgan fingerprint density at radius 1 is 0.730 bits per heavy atom. The summed E-state index contributed by atoms with van der Waals surface area (Å²) in [5.74, 6) is 0. The fraction of sp³-hybridized carbons (Fsp3) is 0.323. The van der Waals surface area contributed by atoms with Crippen molar-refractivity contribution in [2.24, 2.45) is 0 Å². The van der Waals surface area contributed by atoms with Crippen LogP contribution in [0.15, 0.2) is 88.1 Å². The Kier molecular flexibility index (Phi) is 9.09. The van der Waals surface area contributed by atoms with E-state index < -0.39 is 0 Å². The number of quaternary nitrogens is 2. The molecule has 2 N–H and O–H groups in total. The molecule has 194 valence electrons. The number of piperazine rings is 1. The molecule has 1 fully saturated rings. The molecule has 2 aliphatic rings. The largest absolute Gasteiger partial charge is 1.00 e. The van der Waals surface area contributed by atoms with Crippen LogP contribution in [-0.4, -0.2) is 26.2 Å². The molecule has 0 bridgehead atoms. The van der Waals surface area contributed by atoms with E-state index in [2.05, 4.69) is 72.8 Å². The van der Waals surface area contributed by atoms with E-state index in [0.717, 1.165) is 62.1 Å². The van der Waals surface area contributed by atoms with Gasteiger partial charge in [0.05, 0.1) is 0 Å². The second kappa shape index (κ2) is 12.3.